The minimum absolute atomic E-state index is 0.00763. The van der Waals surface area contributed by atoms with Gasteiger partial charge in [0.05, 0.1) is 30.9 Å². The second kappa shape index (κ2) is 11.4. The lowest BCUT2D eigenvalue weighted by atomic mass is 10.0. The molecule has 2 saturated heterocycles. The van der Waals surface area contributed by atoms with Crippen molar-refractivity contribution in [3.63, 3.8) is 0 Å². The van der Waals surface area contributed by atoms with Crippen LogP contribution >= 0.6 is 0 Å². The van der Waals surface area contributed by atoms with Gasteiger partial charge in [-0.15, -0.1) is 0 Å². The van der Waals surface area contributed by atoms with Gasteiger partial charge in [0.2, 0.25) is 17.7 Å². The van der Waals surface area contributed by atoms with E-state index in [1.807, 2.05) is 48.7 Å². The van der Waals surface area contributed by atoms with Crippen molar-refractivity contribution in [1.82, 2.24) is 19.7 Å². The molecule has 5 rings (SSSR count). The number of ether oxygens (including phenoxy) is 1. The quantitative estimate of drug-likeness (QED) is 0.459. The number of benzene rings is 2. The molecule has 1 atom stereocenters. The summed E-state index contributed by atoms with van der Waals surface area (Å²) in [5.41, 5.74) is 2.97. The average Bonchev–Trinajstić information content (AvgIpc) is 3.33. The molecule has 200 valence electrons. The summed E-state index contributed by atoms with van der Waals surface area (Å²) in [6, 6.07) is 15.2. The van der Waals surface area contributed by atoms with Gasteiger partial charge >= 0.3 is 0 Å². The van der Waals surface area contributed by atoms with Crippen LogP contribution in [0.2, 0.25) is 0 Å². The zero-order valence-corrected chi connectivity index (χ0v) is 22.1. The SMILES string of the molecule is COc1ccccc1CC1NCC(=O)N(CCCN2CCN(c3cn(C(C)=O)c4ccccc34)CC2)C1=O. The summed E-state index contributed by atoms with van der Waals surface area (Å²) in [7, 11) is 1.62. The Morgan fingerprint density at radius 1 is 1.00 bits per heavy atom. The topological polar surface area (TPSA) is 87.1 Å². The number of piperazine rings is 2. The minimum atomic E-state index is -0.440. The molecule has 2 aromatic carbocycles. The summed E-state index contributed by atoms with van der Waals surface area (Å²) < 4.78 is 7.15. The Morgan fingerprint density at radius 3 is 2.50 bits per heavy atom. The summed E-state index contributed by atoms with van der Waals surface area (Å²) >= 11 is 0. The molecule has 3 heterocycles. The van der Waals surface area contributed by atoms with E-state index in [0.29, 0.717) is 13.0 Å². The van der Waals surface area contributed by atoms with Crippen LogP contribution in [0.15, 0.2) is 54.7 Å². The maximum absolute atomic E-state index is 13.1. The summed E-state index contributed by atoms with van der Waals surface area (Å²) in [4.78, 5) is 43.9. The number of hydrogen-bond acceptors (Lipinski definition) is 7. The highest BCUT2D eigenvalue weighted by atomic mass is 16.5. The largest absolute Gasteiger partial charge is 0.496 e. The first-order valence-corrected chi connectivity index (χ1v) is 13.2. The molecule has 0 saturated carbocycles. The van der Waals surface area contributed by atoms with Crippen molar-refractivity contribution in [3.05, 3.63) is 60.3 Å². The van der Waals surface area contributed by atoms with Gasteiger partial charge < -0.3 is 9.64 Å². The number of nitrogens with zero attached hydrogens (tertiary/aromatic N) is 4. The van der Waals surface area contributed by atoms with E-state index in [2.05, 4.69) is 21.2 Å². The smallest absolute Gasteiger partial charge is 0.246 e. The molecular formula is C29H35N5O4. The first-order valence-electron chi connectivity index (χ1n) is 13.2. The van der Waals surface area contributed by atoms with E-state index in [9.17, 15) is 14.4 Å². The summed E-state index contributed by atoms with van der Waals surface area (Å²) in [6.07, 6.45) is 3.17. The number of para-hydroxylation sites is 2. The molecule has 2 amide bonds. The molecule has 2 aliphatic rings. The first kappa shape index (κ1) is 25.9. The number of carbonyl (C=O) groups excluding carboxylic acids is 3. The van der Waals surface area contributed by atoms with Crippen LogP contribution in [-0.4, -0.2) is 91.1 Å². The molecule has 0 aliphatic carbocycles. The lowest BCUT2D eigenvalue weighted by molar-refractivity contribution is -0.149. The Kier molecular flexibility index (Phi) is 7.76. The van der Waals surface area contributed by atoms with E-state index in [1.54, 1.807) is 18.6 Å². The number of imide groups is 1. The van der Waals surface area contributed by atoms with Crippen LogP contribution in [0.25, 0.3) is 10.9 Å². The third-order valence-corrected chi connectivity index (χ3v) is 7.58. The molecule has 9 heteroatoms. The van der Waals surface area contributed by atoms with E-state index in [4.69, 9.17) is 4.74 Å². The van der Waals surface area contributed by atoms with Gasteiger partial charge in [-0.2, -0.15) is 0 Å². The van der Waals surface area contributed by atoms with Crippen LogP contribution in [0.3, 0.4) is 0 Å². The molecule has 2 fully saturated rings. The van der Waals surface area contributed by atoms with Crippen LogP contribution in [-0.2, 0) is 16.0 Å². The number of carbonyl (C=O) groups is 3. The Balaban J connectivity index is 1.14. The standard InChI is InChI=1S/C29H35N5O4/c1-21(35)34-20-26(23-9-4-5-10-25(23)34)32-16-14-31(15-17-32)12-7-13-33-28(36)19-30-24(29(33)37)18-22-8-3-6-11-27(22)38-2/h3-6,8-11,20,24,30H,7,12-19H2,1-2H3. The minimum Gasteiger partial charge on any atom is -0.496 e. The van der Waals surface area contributed by atoms with Gasteiger partial charge in [-0.25, -0.2) is 0 Å². The second-order valence-electron chi connectivity index (χ2n) is 9.94. The summed E-state index contributed by atoms with van der Waals surface area (Å²) in [5, 5.41) is 4.19. The van der Waals surface area contributed by atoms with E-state index >= 15 is 0 Å². The normalized spacial score (nSPS) is 18.8. The van der Waals surface area contributed by atoms with Crippen LogP contribution in [0.4, 0.5) is 5.69 Å². The van der Waals surface area contributed by atoms with Crippen molar-refractivity contribution in [1.29, 1.82) is 0 Å². The Labute approximate surface area is 222 Å². The number of nitrogens with one attached hydrogen (secondary N) is 1. The maximum Gasteiger partial charge on any atom is 0.246 e. The Bertz CT molecular complexity index is 1330. The fourth-order valence-electron chi connectivity index (χ4n) is 5.53. The number of fused-ring (bicyclic) bond motifs is 1. The molecule has 0 radical (unpaired) electrons. The molecule has 9 nitrogen and oxygen atoms in total. The van der Waals surface area contributed by atoms with Gasteiger partial charge in [-0.05, 0) is 30.7 Å². The van der Waals surface area contributed by atoms with Crippen LogP contribution < -0.4 is 15.0 Å². The zero-order chi connectivity index (χ0) is 26.6. The predicted octanol–water partition coefficient (Wildman–Crippen LogP) is 2.39. The number of amides is 2. The van der Waals surface area contributed by atoms with Crippen LogP contribution in [0.1, 0.15) is 23.7 Å². The molecule has 1 N–H and O–H groups in total. The first-order chi connectivity index (χ1) is 18.5. The van der Waals surface area contributed by atoms with Crippen molar-refractivity contribution in [3.8, 4) is 5.75 Å². The van der Waals surface area contributed by atoms with Gasteiger partial charge in [-0.3, -0.25) is 34.1 Å². The fraction of sp³-hybridized carbons (Fsp3) is 0.414. The molecule has 1 unspecified atom stereocenters. The monoisotopic (exact) mass is 517 g/mol. The van der Waals surface area contributed by atoms with E-state index in [1.165, 1.54) is 4.90 Å². The van der Waals surface area contributed by atoms with Gasteiger partial charge in [0.15, 0.2) is 0 Å². The van der Waals surface area contributed by atoms with Gasteiger partial charge in [-0.1, -0.05) is 36.4 Å². The third-order valence-electron chi connectivity index (χ3n) is 7.58. The lowest BCUT2D eigenvalue weighted by Crippen LogP contribution is -2.59. The third kappa shape index (κ3) is 5.30. The van der Waals surface area contributed by atoms with Gasteiger partial charge in [0, 0.05) is 57.7 Å². The van der Waals surface area contributed by atoms with Crippen LogP contribution in [0.5, 0.6) is 5.75 Å². The second-order valence-corrected chi connectivity index (χ2v) is 9.94. The Morgan fingerprint density at radius 2 is 1.74 bits per heavy atom. The molecule has 0 bridgehead atoms. The summed E-state index contributed by atoms with van der Waals surface area (Å²) in [6.45, 7) is 6.50. The van der Waals surface area contributed by atoms with Crippen LogP contribution in [0, 0.1) is 0 Å². The highest BCUT2D eigenvalue weighted by molar-refractivity contribution is 6.01. The number of aromatic nitrogens is 1. The number of rotatable bonds is 8. The molecule has 38 heavy (non-hydrogen) atoms. The molecule has 0 spiro atoms. The van der Waals surface area contributed by atoms with Crippen molar-refractivity contribution in [2.45, 2.75) is 25.8 Å². The Hall–Kier alpha value is -3.69. The maximum atomic E-state index is 13.1. The molecule has 1 aromatic heterocycles. The number of hydrogen-bond donors (Lipinski definition) is 1. The highest BCUT2D eigenvalue weighted by Crippen LogP contribution is 2.30. The van der Waals surface area contributed by atoms with Crippen molar-refractivity contribution < 1.29 is 19.1 Å². The van der Waals surface area contributed by atoms with Gasteiger partial charge in [0.25, 0.3) is 0 Å². The molecular weight excluding hydrogens is 482 g/mol. The fourth-order valence-corrected chi connectivity index (χ4v) is 5.53. The number of methoxy groups -OCH3 is 1. The average molecular weight is 518 g/mol. The van der Waals surface area contributed by atoms with Crippen molar-refractivity contribution in [2.24, 2.45) is 0 Å². The van der Waals surface area contributed by atoms with Gasteiger partial charge in [0.1, 0.15) is 5.75 Å². The van der Waals surface area contributed by atoms with Crippen molar-refractivity contribution >= 4 is 34.3 Å². The highest BCUT2D eigenvalue weighted by Gasteiger charge is 2.34. The van der Waals surface area contributed by atoms with E-state index in [0.717, 1.165) is 67.0 Å². The van der Waals surface area contributed by atoms with E-state index in [-0.39, 0.29) is 24.3 Å². The predicted molar refractivity (Wildman–Crippen MR) is 147 cm³/mol. The number of anilines is 1. The summed E-state index contributed by atoms with van der Waals surface area (Å²) in [5.74, 6) is 0.417. The lowest BCUT2D eigenvalue weighted by Gasteiger charge is -2.36. The molecule has 2 aliphatic heterocycles. The van der Waals surface area contributed by atoms with E-state index < -0.39 is 6.04 Å². The molecule has 3 aromatic rings. The zero-order valence-electron chi connectivity index (χ0n) is 22.1. The van der Waals surface area contributed by atoms with Crippen molar-refractivity contribution in [2.75, 3.05) is 57.8 Å².